The van der Waals surface area contributed by atoms with Gasteiger partial charge in [0.25, 0.3) is 0 Å². The molecule has 0 heterocycles. The van der Waals surface area contributed by atoms with E-state index in [0.717, 1.165) is 0 Å². The molecular formula is CH9Cl4P. The van der Waals surface area contributed by atoms with Crippen LogP contribution in [0.5, 0.6) is 0 Å². The molecule has 46 valence electrons. The first-order valence-electron chi connectivity index (χ1n) is 0.577. The highest BCUT2D eigenvalue weighted by Gasteiger charge is 0.906. The van der Waals surface area contributed by atoms with Gasteiger partial charge in [-0.05, 0) is 0 Å². The lowest BCUT2D eigenvalue weighted by atomic mass is 12.0. The van der Waals surface area contributed by atoms with Crippen LogP contribution in [0.25, 0.3) is 0 Å². The Hall–Kier alpha value is 1.59. The largest absolute Gasteiger partial charge is 0.147 e. The van der Waals surface area contributed by atoms with Gasteiger partial charge in [0.2, 0.25) is 0 Å². The van der Waals surface area contributed by atoms with Gasteiger partial charge in [-0.25, -0.2) is 0 Å². The van der Waals surface area contributed by atoms with Crippen molar-refractivity contribution in [3.8, 4) is 0 Å². The highest BCUT2D eigenvalue weighted by atomic mass is 35.5. The van der Waals surface area contributed by atoms with Crippen molar-refractivity contribution < 1.29 is 0 Å². The van der Waals surface area contributed by atoms with Crippen LogP contribution in [0.3, 0.4) is 0 Å². The van der Waals surface area contributed by atoms with Gasteiger partial charge < -0.3 is 0 Å². The van der Waals surface area contributed by atoms with Crippen LogP contribution in [0.1, 0.15) is 0 Å². The number of hydrogen-bond acceptors (Lipinski definition) is 0. The van der Waals surface area contributed by atoms with E-state index in [1.54, 1.807) is 0 Å². The summed E-state index contributed by atoms with van der Waals surface area (Å²) in [4.78, 5) is 0. The Bertz CT molecular complexity index is 7.51. The van der Waals surface area contributed by atoms with Gasteiger partial charge in [0.15, 0.2) is 0 Å². The van der Waals surface area contributed by atoms with Crippen LogP contribution in [-0.4, -0.2) is 6.66 Å². The van der Waals surface area contributed by atoms with Crippen molar-refractivity contribution in [3.05, 3.63) is 0 Å². The van der Waals surface area contributed by atoms with Crippen LogP contribution in [0.15, 0.2) is 0 Å². The minimum absolute atomic E-state index is 0. The van der Waals surface area contributed by atoms with Gasteiger partial charge in [-0.15, -0.1) is 58.9 Å². The van der Waals surface area contributed by atoms with Crippen molar-refractivity contribution in [1.29, 1.82) is 0 Å². The molecule has 0 spiro atoms. The molecule has 0 N–H and O–H groups in total. The first-order chi connectivity index (χ1) is 1.00. The maximum atomic E-state index is 2.42. The topological polar surface area (TPSA) is 0 Å². The molecular weight excluding hydrogens is 185 g/mol. The van der Waals surface area contributed by atoms with Crippen molar-refractivity contribution >= 4 is 58.9 Å². The summed E-state index contributed by atoms with van der Waals surface area (Å²) < 4.78 is 0. The first-order valence-corrected chi connectivity index (χ1v) is 1.73. The Morgan fingerprint density at radius 2 is 0.667 bits per heavy atom. The van der Waals surface area contributed by atoms with E-state index >= 15 is 0 Å². The third-order valence-electron chi connectivity index (χ3n) is 0. The molecule has 0 fully saturated rings. The van der Waals surface area contributed by atoms with E-state index in [1.165, 1.54) is 0 Å². The van der Waals surface area contributed by atoms with Crippen molar-refractivity contribution in [2.24, 2.45) is 0 Å². The van der Waals surface area contributed by atoms with E-state index in [1.807, 2.05) is 6.66 Å². The molecule has 0 bridgehead atoms. The molecule has 0 saturated carbocycles. The van der Waals surface area contributed by atoms with E-state index in [4.69, 9.17) is 0 Å². The van der Waals surface area contributed by atoms with Crippen LogP contribution < -0.4 is 0 Å². The quantitative estimate of drug-likeness (QED) is 0.518. The number of halogens is 4. The summed E-state index contributed by atoms with van der Waals surface area (Å²) in [6.45, 7) is 1.92. The normalized spacial score (nSPS) is 1.00. The van der Waals surface area contributed by atoms with Gasteiger partial charge in [-0.2, -0.15) is 0 Å². The van der Waals surface area contributed by atoms with Gasteiger partial charge in [0.05, 0.1) is 0 Å². The minimum Gasteiger partial charge on any atom is -0.147 e. The molecule has 1 atom stereocenters. The fraction of sp³-hybridized carbons (Fsp3) is 1.00. The molecule has 0 aliphatic carbocycles. The van der Waals surface area contributed by atoms with Crippen molar-refractivity contribution in [2.75, 3.05) is 6.66 Å². The fourth-order valence-corrected chi connectivity index (χ4v) is 0. The second-order valence-corrected chi connectivity index (χ2v) is 0. The van der Waals surface area contributed by atoms with E-state index in [9.17, 15) is 0 Å². The summed E-state index contributed by atoms with van der Waals surface area (Å²) in [5.74, 6) is 0. The smallest absolute Gasteiger partial charge is 0.0500 e. The SMILES string of the molecule is CP.Cl.Cl.Cl.Cl. The van der Waals surface area contributed by atoms with Crippen LogP contribution in [0.2, 0.25) is 0 Å². The lowest BCUT2D eigenvalue weighted by Gasteiger charge is -1.10. The minimum atomic E-state index is 0. The van der Waals surface area contributed by atoms with Gasteiger partial charge in [0.1, 0.15) is 0 Å². The third-order valence-corrected chi connectivity index (χ3v) is 0. The molecule has 0 aromatic heterocycles. The molecule has 6 heavy (non-hydrogen) atoms. The fourth-order valence-electron chi connectivity index (χ4n) is 0. The van der Waals surface area contributed by atoms with E-state index < -0.39 is 0 Å². The molecule has 0 rings (SSSR count). The predicted molar refractivity (Wildman–Crippen MR) is 44.6 cm³/mol. The zero-order chi connectivity index (χ0) is 2.00. The Morgan fingerprint density at radius 1 is 0.667 bits per heavy atom. The maximum absolute atomic E-state index is 2.42. The lowest BCUT2D eigenvalue weighted by Crippen LogP contribution is -0.804. The summed E-state index contributed by atoms with van der Waals surface area (Å²) in [6, 6.07) is 0. The second-order valence-electron chi connectivity index (χ2n) is 0. The summed E-state index contributed by atoms with van der Waals surface area (Å²) in [7, 11) is 2.42. The molecule has 5 heteroatoms. The summed E-state index contributed by atoms with van der Waals surface area (Å²) in [5, 5.41) is 0. The Kier molecular flexibility index (Phi) is 667. The molecule has 0 amide bonds. The van der Waals surface area contributed by atoms with E-state index in [0.29, 0.717) is 0 Å². The summed E-state index contributed by atoms with van der Waals surface area (Å²) in [6.07, 6.45) is 0. The van der Waals surface area contributed by atoms with Crippen molar-refractivity contribution in [3.63, 3.8) is 0 Å². The van der Waals surface area contributed by atoms with Gasteiger partial charge in [-0.1, -0.05) is 6.66 Å². The van der Waals surface area contributed by atoms with Crippen LogP contribution in [0.4, 0.5) is 0 Å². The zero-order valence-electron chi connectivity index (χ0n) is 3.21. The molecule has 0 radical (unpaired) electrons. The summed E-state index contributed by atoms with van der Waals surface area (Å²) >= 11 is 0. The molecule has 1 unspecified atom stereocenters. The highest BCUT2D eigenvalue weighted by molar-refractivity contribution is 7.15. The molecule has 0 aromatic carbocycles. The third kappa shape index (κ3) is 46.6. The van der Waals surface area contributed by atoms with Gasteiger partial charge in [0, 0.05) is 0 Å². The average molecular weight is 194 g/mol. The predicted octanol–water partition coefficient (Wildman–Crippen LogP) is 2.18. The van der Waals surface area contributed by atoms with Crippen molar-refractivity contribution in [2.45, 2.75) is 0 Å². The van der Waals surface area contributed by atoms with E-state index in [2.05, 4.69) is 9.24 Å². The molecule has 0 aliphatic heterocycles. The highest BCUT2D eigenvalue weighted by Crippen LogP contribution is 1.46. The number of rotatable bonds is 0. The summed E-state index contributed by atoms with van der Waals surface area (Å²) in [5.41, 5.74) is 0. The van der Waals surface area contributed by atoms with Crippen LogP contribution in [-0.2, 0) is 0 Å². The molecule has 0 aromatic rings. The van der Waals surface area contributed by atoms with Crippen molar-refractivity contribution in [1.82, 2.24) is 0 Å². The van der Waals surface area contributed by atoms with Crippen LogP contribution in [0, 0.1) is 0 Å². The Morgan fingerprint density at radius 3 is 0.667 bits per heavy atom. The second kappa shape index (κ2) is 81.5. The molecule has 0 nitrogen and oxygen atoms in total. The standard InChI is InChI=1S/CH5P.4ClH/c1-2;;;;/h2H2,1H3;4*1H. The van der Waals surface area contributed by atoms with Crippen LogP contribution >= 0.6 is 58.9 Å². The van der Waals surface area contributed by atoms with E-state index in [-0.39, 0.29) is 49.6 Å². The van der Waals surface area contributed by atoms with Gasteiger partial charge >= 0.3 is 0 Å². The maximum Gasteiger partial charge on any atom is -0.0500 e. The lowest BCUT2D eigenvalue weighted by molar-refractivity contribution is 2.53. The molecule has 0 aliphatic rings. The first kappa shape index (κ1) is 49.1. The number of hydrogen-bond donors (Lipinski definition) is 0. The average Bonchev–Trinajstić information content (AvgIpc) is 1.00. The Balaban J connectivity index is -0.000000000833. The Labute approximate surface area is 65.7 Å². The zero-order valence-corrected chi connectivity index (χ0v) is 7.63. The monoisotopic (exact) mass is 192 g/mol. The molecule has 0 saturated heterocycles. The van der Waals surface area contributed by atoms with Gasteiger partial charge in [-0.3, -0.25) is 0 Å².